The zero-order valence-electron chi connectivity index (χ0n) is 10.3. The minimum absolute atomic E-state index is 0.803. The number of anilines is 1. The molecule has 0 spiro atoms. The van der Waals surface area contributed by atoms with E-state index in [9.17, 15) is 0 Å². The third kappa shape index (κ3) is 1.95. The Morgan fingerprint density at radius 3 is 2.89 bits per heavy atom. The lowest BCUT2D eigenvalue weighted by Crippen LogP contribution is -2.00. The van der Waals surface area contributed by atoms with Gasteiger partial charge in [-0.25, -0.2) is 0 Å². The Bertz CT molecular complexity index is 656. The average molecular weight is 237 g/mol. The third-order valence-electron chi connectivity index (χ3n) is 3.12. The van der Waals surface area contributed by atoms with Crippen molar-refractivity contribution in [1.29, 1.82) is 0 Å². The summed E-state index contributed by atoms with van der Waals surface area (Å²) in [5.41, 5.74) is 3.43. The molecule has 0 aliphatic heterocycles. The van der Waals surface area contributed by atoms with Crippen LogP contribution in [-0.4, -0.2) is 16.6 Å². The summed E-state index contributed by atoms with van der Waals surface area (Å²) in [6.45, 7) is 0.803. The van der Waals surface area contributed by atoms with Crippen molar-refractivity contribution in [2.24, 2.45) is 0 Å². The molecule has 3 nitrogen and oxygen atoms in total. The number of nitrogens with one attached hydrogen (secondary N) is 1. The Labute approximate surface area is 106 Å². The highest BCUT2D eigenvalue weighted by atomic mass is 15.0. The first-order chi connectivity index (χ1) is 8.86. The maximum atomic E-state index is 4.37. The Morgan fingerprint density at radius 1 is 1.17 bits per heavy atom. The molecule has 0 aliphatic rings. The Balaban J connectivity index is 2.01. The van der Waals surface area contributed by atoms with Crippen molar-refractivity contribution in [3.63, 3.8) is 0 Å². The highest BCUT2D eigenvalue weighted by Gasteiger charge is 2.03. The number of hydrogen-bond acceptors (Lipinski definition) is 2. The highest BCUT2D eigenvalue weighted by molar-refractivity contribution is 5.83. The number of hydrogen-bond donors (Lipinski definition) is 1. The number of aromatic nitrogens is 2. The van der Waals surface area contributed by atoms with Crippen molar-refractivity contribution >= 4 is 16.6 Å². The molecule has 0 atom stereocenters. The predicted molar refractivity (Wildman–Crippen MR) is 74.8 cm³/mol. The van der Waals surface area contributed by atoms with Crippen LogP contribution in [0.4, 0.5) is 5.69 Å². The fourth-order valence-corrected chi connectivity index (χ4v) is 2.14. The Kier molecular flexibility index (Phi) is 2.73. The van der Waals surface area contributed by atoms with Gasteiger partial charge in [0.05, 0.1) is 17.8 Å². The molecule has 3 heteroatoms. The van der Waals surface area contributed by atoms with E-state index < -0.39 is 0 Å². The summed E-state index contributed by atoms with van der Waals surface area (Å²) in [7, 11) is 1.94. The monoisotopic (exact) mass is 237 g/mol. The largest absolute Gasteiger partial charge is 0.388 e. The van der Waals surface area contributed by atoms with Gasteiger partial charge in [-0.05, 0) is 35.7 Å². The summed E-state index contributed by atoms with van der Waals surface area (Å²) < 4.78 is 2.22. The van der Waals surface area contributed by atoms with E-state index >= 15 is 0 Å². The number of benzene rings is 1. The van der Waals surface area contributed by atoms with Crippen LogP contribution in [0, 0.1) is 0 Å². The molecule has 0 amide bonds. The van der Waals surface area contributed by atoms with Gasteiger partial charge in [0, 0.05) is 25.1 Å². The van der Waals surface area contributed by atoms with Crippen LogP contribution in [-0.2, 0) is 6.54 Å². The summed E-state index contributed by atoms with van der Waals surface area (Å²) in [4.78, 5) is 4.37. The van der Waals surface area contributed by atoms with Crippen LogP contribution in [0.25, 0.3) is 10.9 Å². The van der Waals surface area contributed by atoms with Gasteiger partial charge in [-0.1, -0.05) is 12.1 Å². The van der Waals surface area contributed by atoms with Crippen LogP contribution in [0.3, 0.4) is 0 Å². The summed E-state index contributed by atoms with van der Waals surface area (Å²) in [6.07, 6.45) is 3.94. The van der Waals surface area contributed by atoms with Crippen LogP contribution < -0.4 is 5.32 Å². The van der Waals surface area contributed by atoms with Crippen molar-refractivity contribution in [3.8, 4) is 0 Å². The lowest BCUT2D eigenvalue weighted by molar-refractivity contribution is 0.807. The van der Waals surface area contributed by atoms with Crippen molar-refractivity contribution in [1.82, 2.24) is 9.55 Å². The molecule has 3 rings (SSSR count). The molecule has 0 fully saturated rings. The fraction of sp³-hybridized carbons (Fsp3) is 0.133. The maximum Gasteiger partial charge on any atom is 0.0648 e. The highest BCUT2D eigenvalue weighted by Crippen LogP contribution is 2.20. The van der Waals surface area contributed by atoms with Gasteiger partial charge in [0.1, 0.15) is 0 Å². The average Bonchev–Trinajstić information content (AvgIpc) is 2.82. The van der Waals surface area contributed by atoms with E-state index in [1.165, 1.54) is 10.9 Å². The third-order valence-corrected chi connectivity index (χ3v) is 3.12. The molecule has 0 saturated carbocycles. The molecule has 90 valence electrons. The molecule has 1 N–H and O–H groups in total. The SMILES string of the molecule is CNc1ccc2ccn(Cc3ccccn3)c2c1. The smallest absolute Gasteiger partial charge is 0.0648 e. The number of rotatable bonds is 3. The quantitative estimate of drug-likeness (QED) is 0.758. The van der Waals surface area contributed by atoms with E-state index in [0.29, 0.717) is 0 Å². The molecule has 3 aromatic rings. The first kappa shape index (κ1) is 10.8. The van der Waals surface area contributed by atoms with E-state index in [0.717, 1.165) is 17.9 Å². The van der Waals surface area contributed by atoms with Crippen LogP contribution in [0.15, 0.2) is 54.9 Å². The van der Waals surface area contributed by atoms with E-state index in [1.54, 1.807) is 0 Å². The second-order valence-corrected chi connectivity index (χ2v) is 4.29. The van der Waals surface area contributed by atoms with Crippen LogP contribution in [0.1, 0.15) is 5.69 Å². The zero-order chi connectivity index (χ0) is 12.4. The molecule has 18 heavy (non-hydrogen) atoms. The second-order valence-electron chi connectivity index (χ2n) is 4.29. The maximum absolute atomic E-state index is 4.37. The summed E-state index contributed by atoms with van der Waals surface area (Å²) >= 11 is 0. The molecule has 0 radical (unpaired) electrons. The van der Waals surface area contributed by atoms with Gasteiger partial charge in [0.2, 0.25) is 0 Å². The molecule has 1 aromatic carbocycles. The first-order valence-corrected chi connectivity index (χ1v) is 6.03. The lowest BCUT2D eigenvalue weighted by atomic mass is 10.2. The van der Waals surface area contributed by atoms with Gasteiger partial charge in [0.25, 0.3) is 0 Å². The second kappa shape index (κ2) is 4.53. The molecule has 0 aliphatic carbocycles. The van der Waals surface area contributed by atoms with Crippen LogP contribution >= 0.6 is 0 Å². The Hall–Kier alpha value is -2.29. The van der Waals surface area contributed by atoms with Crippen molar-refractivity contribution < 1.29 is 0 Å². The van der Waals surface area contributed by atoms with Gasteiger partial charge in [-0.2, -0.15) is 0 Å². The van der Waals surface area contributed by atoms with Crippen molar-refractivity contribution in [3.05, 3.63) is 60.6 Å². The molecule has 2 heterocycles. The van der Waals surface area contributed by atoms with Gasteiger partial charge < -0.3 is 9.88 Å². The normalized spacial score (nSPS) is 10.7. The minimum Gasteiger partial charge on any atom is -0.388 e. The fourth-order valence-electron chi connectivity index (χ4n) is 2.14. The van der Waals surface area contributed by atoms with Crippen LogP contribution in [0.2, 0.25) is 0 Å². The molecule has 0 unspecified atom stereocenters. The molecular weight excluding hydrogens is 222 g/mol. The molecule has 0 bridgehead atoms. The standard InChI is InChI=1S/C15H15N3/c1-16-13-6-5-12-7-9-18(15(12)10-13)11-14-4-2-3-8-17-14/h2-10,16H,11H2,1H3. The van der Waals surface area contributed by atoms with Crippen LogP contribution in [0.5, 0.6) is 0 Å². The van der Waals surface area contributed by atoms with E-state index in [4.69, 9.17) is 0 Å². The zero-order valence-corrected chi connectivity index (χ0v) is 10.3. The van der Waals surface area contributed by atoms with Gasteiger partial charge >= 0.3 is 0 Å². The number of fused-ring (bicyclic) bond motifs is 1. The topological polar surface area (TPSA) is 29.9 Å². The van der Waals surface area contributed by atoms with Gasteiger partial charge in [-0.3, -0.25) is 4.98 Å². The first-order valence-electron chi connectivity index (χ1n) is 6.03. The number of nitrogens with zero attached hydrogens (tertiary/aromatic N) is 2. The predicted octanol–water partition coefficient (Wildman–Crippen LogP) is 3.13. The molecule has 0 saturated heterocycles. The van der Waals surface area contributed by atoms with E-state index in [2.05, 4.69) is 45.3 Å². The van der Waals surface area contributed by atoms with Gasteiger partial charge in [-0.15, -0.1) is 0 Å². The van der Waals surface area contributed by atoms with Crippen molar-refractivity contribution in [2.75, 3.05) is 12.4 Å². The van der Waals surface area contributed by atoms with E-state index in [1.807, 2.05) is 31.4 Å². The van der Waals surface area contributed by atoms with Crippen molar-refractivity contribution in [2.45, 2.75) is 6.54 Å². The Morgan fingerprint density at radius 2 is 2.11 bits per heavy atom. The number of pyridine rings is 1. The summed E-state index contributed by atoms with van der Waals surface area (Å²) in [5, 5.41) is 4.43. The van der Waals surface area contributed by atoms with Gasteiger partial charge in [0.15, 0.2) is 0 Å². The molecular formula is C15H15N3. The van der Waals surface area contributed by atoms with E-state index in [-0.39, 0.29) is 0 Å². The lowest BCUT2D eigenvalue weighted by Gasteiger charge is -2.06. The summed E-state index contributed by atoms with van der Waals surface area (Å²) in [6, 6.07) is 14.5. The summed E-state index contributed by atoms with van der Waals surface area (Å²) in [5.74, 6) is 0. The minimum atomic E-state index is 0.803. The molecule has 2 aromatic heterocycles.